The van der Waals surface area contributed by atoms with Gasteiger partial charge in [-0.25, -0.2) is 0 Å². The van der Waals surface area contributed by atoms with Crippen LogP contribution < -0.4 is 16.6 Å². The van der Waals surface area contributed by atoms with Crippen LogP contribution in [-0.2, 0) is 0 Å². The molecule has 1 amide bonds. The van der Waals surface area contributed by atoms with Gasteiger partial charge in [0.2, 0.25) is 0 Å². The number of hydrogen-bond donors (Lipinski definition) is 3. The van der Waals surface area contributed by atoms with E-state index in [1.807, 2.05) is 6.92 Å². The molecule has 1 fully saturated rings. The lowest BCUT2D eigenvalue weighted by Crippen LogP contribution is -2.34. The van der Waals surface area contributed by atoms with Crippen molar-refractivity contribution in [2.24, 2.45) is 11.3 Å². The van der Waals surface area contributed by atoms with Gasteiger partial charge in [0.25, 0.3) is 5.91 Å². The van der Waals surface area contributed by atoms with E-state index in [9.17, 15) is 4.79 Å². The van der Waals surface area contributed by atoms with Crippen molar-refractivity contribution < 1.29 is 4.79 Å². The number of hydrazine groups is 1. The van der Waals surface area contributed by atoms with E-state index in [1.165, 1.54) is 25.7 Å². The first kappa shape index (κ1) is 13.8. The highest BCUT2D eigenvalue weighted by Gasteiger charge is 2.29. The Morgan fingerprint density at radius 2 is 2.16 bits per heavy atom. The van der Waals surface area contributed by atoms with Gasteiger partial charge in [-0.05, 0) is 31.2 Å². The summed E-state index contributed by atoms with van der Waals surface area (Å²) in [6, 6.07) is 1.77. The summed E-state index contributed by atoms with van der Waals surface area (Å²) in [5.41, 5.74) is 4.73. The highest BCUT2D eigenvalue weighted by atomic mass is 16.1. The van der Waals surface area contributed by atoms with Crippen molar-refractivity contribution in [3.63, 3.8) is 0 Å². The van der Waals surface area contributed by atoms with Crippen LogP contribution in [-0.4, -0.2) is 17.4 Å². The van der Waals surface area contributed by atoms with Crippen molar-refractivity contribution in [2.45, 2.75) is 39.5 Å². The van der Waals surface area contributed by atoms with Crippen molar-refractivity contribution in [1.82, 2.24) is 10.3 Å². The molecule has 0 radical (unpaired) electrons. The highest BCUT2D eigenvalue weighted by Crippen LogP contribution is 2.36. The minimum atomic E-state index is -0.117. The van der Waals surface area contributed by atoms with Gasteiger partial charge in [0.1, 0.15) is 0 Å². The molecule has 19 heavy (non-hydrogen) atoms. The van der Waals surface area contributed by atoms with Gasteiger partial charge in [-0.3, -0.25) is 15.6 Å². The number of nitrogen functional groups attached to an aromatic ring is 1. The van der Waals surface area contributed by atoms with E-state index in [1.54, 1.807) is 12.3 Å². The van der Waals surface area contributed by atoms with Gasteiger partial charge < -0.3 is 10.7 Å². The van der Waals surface area contributed by atoms with Crippen LogP contribution in [0.15, 0.2) is 12.3 Å². The van der Waals surface area contributed by atoms with Crippen LogP contribution in [0.2, 0.25) is 0 Å². The summed E-state index contributed by atoms with van der Waals surface area (Å²) in [6.45, 7) is 4.81. The standard InChI is InChI=1S/C14H22N4O/c1-10-7-12(18-15)11(8-16-10)13(19)17-9-14(2)5-3-4-6-14/h7-8H,3-6,9,15H2,1-2H3,(H,16,18)(H,17,19). The molecule has 1 aliphatic carbocycles. The Bertz CT molecular complexity index is 467. The molecular formula is C14H22N4O. The van der Waals surface area contributed by atoms with Gasteiger partial charge in [-0.15, -0.1) is 0 Å². The van der Waals surface area contributed by atoms with Crippen molar-refractivity contribution in [3.8, 4) is 0 Å². The molecule has 0 bridgehead atoms. The van der Waals surface area contributed by atoms with Gasteiger partial charge >= 0.3 is 0 Å². The summed E-state index contributed by atoms with van der Waals surface area (Å²) < 4.78 is 0. The number of pyridine rings is 1. The molecule has 2 rings (SSSR count). The fourth-order valence-corrected chi connectivity index (χ4v) is 2.65. The number of anilines is 1. The molecule has 0 atom stereocenters. The fourth-order valence-electron chi connectivity index (χ4n) is 2.65. The first-order chi connectivity index (χ1) is 9.04. The minimum Gasteiger partial charge on any atom is -0.351 e. The maximum atomic E-state index is 12.2. The quantitative estimate of drug-likeness (QED) is 0.572. The zero-order chi connectivity index (χ0) is 13.9. The summed E-state index contributed by atoms with van der Waals surface area (Å²) in [6.07, 6.45) is 6.45. The molecule has 1 aromatic heterocycles. The van der Waals surface area contributed by atoms with E-state index < -0.39 is 0 Å². The van der Waals surface area contributed by atoms with Crippen molar-refractivity contribution >= 4 is 11.6 Å². The number of carbonyl (C=O) groups is 1. The second-order valence-corrected chi connectivity index (χ2v) is 5.72. The fraction of sp³-hybridized carbons (Fsp3) is 0.571. The van der Waals surface area contributed by atoms with Gasteiger partial charge in [0.05, 0.1) is 11.3 Å². The first-order valence-electron chi connectivity index (χ1n) is 6.75. The van der Waals surface area contributed by atoms with E-state index in [0.717, 1.165) is 5.69 Å². The number of rotatable bonds is 4. The summed E-state index contributed by atoms with van der Waals surface area (Å²) >= 11 is 0. The normalized spacial score (nSPS) is 17.2. The van der Waals surface area contributed by atoms with Crippen LogP contribution in [0.3, 0.4) is 0 Å². The summed E-state index contributed by atoms with van der Waals surface area (Å²) in [5.74, 6) is 5.33. The Morgan fingerprint density at radius 1 is 1.47 bits per heavy atom. The van der Waals surface area contributed by atoms with Crippen LogP contribution in [0.5, 0.6) is 0 Å². The van der Waals surface area contributed by atoms with Gasteiger partial charge in [-0.2, -0.15) is 0 Å². The van der Waals surface area contributed by atoms with Crippen LogP contribution in [0.1, 0.15) is 48.7 Å². The van der Waals surface area contributed by atoms with Crippen LogP contribution >= 0.6 is 0 Å². The molecule has 5 nitrogen and oxygen atoms in total. The average Bonchev–Trinajstić information content (AvgIpc) is 2.83. The van der Waals surface area contributed by atoms with Gasteiger partial charge in [0, 0.05) is 18.4 Å². The predicted octanol–water partition coefficient (Wildman–Crippen LogP) is 1.99. The molecule has 4 N–H and O–H groups in total. The molecule has 0 spiro atoms. The van der Waals surface area contributed by atoms with Crippen LogP contribution in [0.4, 0.5) is 5.69 Å². The SMILES string of the molecule is Cc1cc(NN)c(C(=O)NCC2(C)CCCC2)cn1. The third-order valence-corrected chi connectivity index (χ3v) is 3.93. The van der Waals surface area contributed by atoms with Crippen LogP contribution in [0, 0.1) is 12.3 Å². The third-order valence-electron chi connectivity index (χ3n) is 3.93. The number of amides is 1. The number of hydrogen-bond acceptors (Lipinski definition) is 4. The van der Waals surface area contributed by atoms with Gasteiger partial charge in [0.15, 0.2) is 0 Å². The molecule has 0 saturated heterocycles. The van der Waals surface area contributed by atoms with E-state index >= 15 is 0 Å². The number of aryl methyl sites for hydroxylation is 1. The molecular weight excluding hydrogens is 240 g/mol. The smallest absolute Gasteiger partial charge is 0.255 e. The minimum absolute atomic E-state index is 0.117. The van der Waals surface area contributed by atoms with Crippen molar-refractivity contribution in [3.05, 3.63) is 23.5 Å². The Morgan fingerprint density at radius 3 is 2.79 bits per heavy atom. The molecule has 0 aromatic carbocycles. The third kappa shape index (κ3) is 3.23. The number of nitrogens with zero attached hydrogens (tertiary/aromatic N) is 1. The van der Waals surface area contributed by atoms with E-state index in [-0.39, 0.29) is 11.3 Å². The maximum Gasteiger partial charge on any atom is 0.255 e. The number of aromatic nitrogens is 1. The molecule has 1 heterocycles. The summed E-state index contributed by atoms with van der Waals surface area (Å²) in [4.78, 5) is 16.3. The zero-order valence-corrected chi connectivity index (χ0v) is 11.6. The number of nitrogens with one attached hydrogen (secondary N) is 2. The molecule has 5 heteroatoms. The molecule has 1 saturated carbocycles. The number of carbonyl (C=O) groups excluding carboxylic acids is 1. The molecule has 104 valence electrons. The number of nitrogens with two attached hydrogens (primary N) is 1. The largest absolute Gasteiger partial charge is 0.351 e. The van der Waals surface area contributed by atoms with Gasteiger partial charge in [-0.1, -0.05) is 19.8 Å². The van der Waals surface area contributed by atoms with E-state index in [4.69, 9.17) is 5.84 Å². The molecule has 0 aliphatic heterocycles. The van der Waals surface area contributed by atoms with Crippen molar-refractivity contribution in [1.29, 1.82) is 0 Å². The van der Waals surface area contributed by atoms with E-state index in [2.05, 4.69) is 22.7 Å². The maximum absolute atomic E-state index is 12.2. The average molecular weight is 262 g/mol. The predicted molar refractivity (Wildman–Crippen MR) is 75.7 cm³/mol. The summed E-state index contributed by atoms with van der Waals surface area (Å²) in [5, 5.41) is 3.00. The second-order valence-electron chi connectivity index (χ2n) is 5.72. The van der Waals surface area contributed by atoms with E-state index in [0.29, 0.717) is 17.8 Å². The van der Waals surface area contributed by atoms with Crippen molar-refractivity contribution in [2.75, 3.05) is 12.0 Å². The zero-order valence-electron chi connectivity index (χ0n) is 11.6. The Hall–Kier alpha value is -1.62. The first-order valence-corrected chi connectivity index (χ1v) is 6.75. The Balaban J connectivity index is 2.03. The molecule has 1 aromatic rings. The monoisotopic (exact) mass is 262 g/mol. The summed E-state index contributed by atoms with van der Waals surface area (Å²) in [7, 11) is 0. The lowest BCUT2D eigenvalue weighted by molar-refractivity contribution is 0.0934. The molecule has 0 unspecified atom stereocenters. The highest BCUT2D eigenvalue weighted by molar-refractivity contribution is 5.99. The Labute approximate surface area is 114 Å². The molecule has 1 aliphatic rings. The lowest BCUT2D eigenvalue weighted by atomic mass is 9.89. The topological polar surface area (TPSA) is 80.0 Å². The Kier molecular flexibility index (Phi) is 4.04. The second kappa shape index (κ2) is 5.57. The van der Waals surface area contributed by atoms with Crippen LogP contribution in [0.25, 0.3) is 0 Å². The lowest BCUT2D eigenvalue weighted by Gasteiger charge is -2.23.